The number of anilines is 2. The zero-order valence-electron chi connectivity index (χ0n) is 22.8. The van der Waals surface area contributed by atoms with Gasteiger partial charge in [-0.1, -0.05) is 38.1 Å². The minimum absolute atomic E-state index is 0.0401. The van der Waals surface area contributed by atoms with Crippen LogP contribution in [0.1, 0.15) is 53.0 Å². The lowest BCUT2D eigenvalue weighted by atomic mass is 10.1. The lowest BCUT2D eigenvalue weighted by Gasteiger charge is -2.26. The second-order valence-corrected chi connectivity index (χ2v) is 10.3. The zero-order valence-corrected chi connectivity index (χ0v) is 22.8. The van der Waals surface area contributed by atoms with Gasteiger partial charge in [0.1, 0.15) is 11.6 Å². The quantitative estimate of drug-likeness (QED) is 0.404. The standard InChI is InChI=1S/C31H34F2N4O3/c1-21(2)18-29(38)35-24-12-13-28(26(19-24)30(39)34-20-22-8-10-23(32)11-9-22)36-14-5-15-37(17-16-36)31(40)25-6-3-4-7-27(25)33/h3-4,6-13,19,21H,5,14-18,20H2,1-2H3,(H,34,39)(H,35,38). The fourth-order valence-corrected chi connectivity index (χ4v) is 4.70. The van der Waals surface area contributed by atoms with Crippen molar-refractivity contribution in [3.63, 3.8) is 0 Å². The van der Waals surface area contributed by atoms with Crippen LogP contribution >= 0.6 is 0 Å². The van der Waals surface area contributed by atoms with Crippen molar-refractivity contribution in [1.82, 2.24) is 10.2 Å². The molecule has 0 aromatic heterocycles. The van der Waals surface area contributed by atoms with Crippen molar-refractivity contribution in [3.8, 4) is 0 Å². The molecule has 210 valence electrons. The van der Waals surface area contributed by atoms with Gasteiger partial charge in [-0.3, -0.25) is 14.4 Å². The topological polar surface area (TPSA) is 81.8 Å². The molecule has 3 aromatic rings. The van der Waals surface area contributed by atoms with Gasteiger partial charge in [0.2, 0.25) is 5.91 Å². The molecule has 3 aromatic carbocycles. The monoisotopic (exact) mass is 548 g/mol. The van der Waals surface area contributed by atoms with Gasteiger partial charge in [0.15, 0.2) is 0 Å². The fraction of sp³-hybridized carbons (Fsp3) is 0.323. The largest absolute Gasteiger partial charge is 0.369 e. The van der Waals surface area contributed by atoms with Crippen molar-refractivity contribution in [1.29, 1.82) is 0 Å². The van der Waals surface area contributed by atoms with Crippen LogP contribution in [0.5, 0.6) is 0 Å². The highest BCUT2D eigenvalue weighted by Gasteiger charge is 2.25. The van der Waals surface area contributed by atoms with Gasteiger partial charge in [0.25, 0.3) is 11.8 Å². The van der Waals surface area contributed by atoms with E-state index < -0.39 is 5.82 Å². The van der Waals surface area contributed by atoms with E-state index in [0.717, 1.165) is 5.56 Å². The second-order valence-electron chi connectivity index (χ2n) is 10.3. The van der Waals surface area contributed by atoms with Crippen molar-refractivity contribution in [2.24, 2.45) is 5.92 Å². The van der Waals surface area contributed by atoms with Gasteiger partial charge in [-0.25, -0.2) is 8.78 Å². The first-order valence-corrected chi connectivity index (χ1v) is 13.5. The molecule has 0 atom stereocenters. The van der Waals surface area contributed by atoms with E-state index in [1.54, 1.807) is 47.4 Å². The normalized spacial score (nSPS) is 13.6. The Bertz CT molecular complexity index is 1360. The Morgan fingerprint density at radius 1 is 0.875 bits per heavy atom. The average molecular weight is 549 g/mol. The van der Waals surface area contributed by atoms with Crippen LogP contribution < -0.4 is 15.5 Å². The first kappa shape index (κ1) is 28.7. The summed E-state index contributed by atoms with van der Waals surface area (Å²) in [5.74, 6) is -1.57. The van der Waals surface area contributed by atoms with E-state index in [4.69, 9.17) is 0 Å². The minimum Gasteiger partial charge on any atom is -0.369 e. The maximum atomic E-state index is 14.2. The summed E-state index contributed by atoms with van der Waals surface area (Å²) in [6.45, 7) is 5.95. The summed E-state index contributed by atoms with van der Waals surface area (Å²) in [6.07, 6.45) is 0.982. The van der Waals surface area contributed by atoms with Gasteiger partial charge in [-0.15, -0.1) is 0 Å². The summed E-state index contributed by atoms with van der Waals surface area (Å²) in [6, 6.07) is 17.0. The molecule has 0 saturated carbocycles. The van der Waals surface area contributed by atoms with E-state index in [0.29, 0.717) is 56.0 Å². The molecule has 1 heterocycles. The lowest BCUT2D eigenvalue weighted by molar-refractivity contribution is -0.116. The molecule has 4 rings (SSSR count). The van der Waals surface area contributed by atoms with E-state index in [1.807, 2.05) is 18.7 Å². The van der Waals surface area contributed by atoms with Gasteiger partial charge < -0.3 is 20.4 Å². The SMILES string of the molecule is CC(C)CC(=O)Nc1ccc(N2CCCN(C(=O)c3ccccc3F)CC2)c(C(=O)NCc2ccc(F)cc2)c1. The molecule has 3 amide bonds. The molecule has 0 spiro atoms. The third-order valence-corrected chi connectivity index (χ3v) is 6.71. The van der Waals surface area contributed by atoms with Crippen LogP contribution in [0.2, 0.25) is 0 Å². The summed E-state index contributed by atoms with van der Waals surface area (Å²) in [5, 5.41) is 5.76. The van der Waals surface area contributed by atoms with Crippen LogP contribution in [0, 0.1) is 17.6 Å². The molecule has 0 aliphatic carbocycles. The summed E-state index contributed by atoms with van der Waals surface area (Å²) >= 11 is 0. The van der Waals surface area contributed by atoms with Crippen LogP contribution in [0.15, 0.2) is 66.7 Å². The van der Waals surface area contributed by atoms with Gasteiger partial charge >= 0.3 is 0 Å². The molecule has 40 heavy (non-hydrogen) atoms. The molecule has 0 bridgehead atoms. The van der Waals surface area contributed by atoms with Crippen LogP contribution in [0.4, 0.5) is 20.2 Å². The number of nitrogens with zero attached hydrogens (tertiary/aromatic N) is 2. The summed E-state index contributed by atoms with van der Waals surface area (Å²) < 4.78 is 27.5. The van der Waals surface area contributed by atoms with E-state index in [2.05, 4.69) is 10.6 Å². The average Bonchev–Trinajstić information content (AvgIpc) is 3.18. The van der Waals surface area contributed by atoms with Gasteiger partial charge in [0.05, 0.1) is 11.1 Å². The van der Waals surface area contributed by atoms with Crippen LogP contribution in [-0.2, 0) is 11.3 Å². The van der Waals surface area contributed by atoms with E-state index in [1.165, 1.54) is 24.3 Å². The maximum Gasteiger partial charge on any atom is 0.256 e. The van der Waals surface area contributed by atoms with E-state index in [9.17, 15) is 23.2 Å². The van der Waals surface area contributed by atoms with E-state index >= 15 is 0 Å². The number of rotatable bonds is 8. The number of hydrogen-bond acceptors (Lipinski definition) is 4. The van der Waals surface area contributed by atoms with Crippen LogP contribution in [-0.4, -0.2) is 48.8 Å². The van der Waals surface area contributed by atoms with Crippen LogP contribution in [0.3, 0.4) is 0 Å². The number of benzene rings is 3. The summed E-state index contributed by atoms with van der Waals surface area (Å²) in [5.41, 5.74) is 2.33. The molecule has 9 heteroatoms. The first-order chi connectivity index (χ1) is 19.2. The molecule has 1 aliphatic rings. The molecule has 2 N–H and O–H groups in total. The van der Waals surface area contributed by atoms with Crippen molar-refractivity contribution < 1.29 is 23.2 Å². The fourth-order valence-electron chi connectivity index (χ4n) is 4.70. The third-order valence-electron chi connectivity index (χ3n) is 6.71. The number of carbonyl (C=O) groups is 3. The molecule has 1 aliphatic heterocycles. The van der Waals surface area contributed by atoms with E-state index in [-0.39, 0.29) is 41.6 Å². The molecule has 0 radical (unpaired) electrons. The highest BCUT2D eigenvalue weighted by atomic mass is 19.1. The molecule has 0 unspecified atom stereocenters. The molecular weight excluding hydrogens is 514 g/mol. The predicted octanol–water partition coefficient (Wildman–Crippen LogP) is 5.23. The Kier molecular flexibility index (Phi) is 9.47. The Balaban J connectivity index is 1.54. The maximum absolute atomic E-state index is 14.2. The lowest BCUT2D eigenvalue weighted by Crippen LogP contribution is -2.36. The number of carbonyl (C=O) groups excluding carboxylic acids is 3. The predicted molar refractivity (Wildman–Crippen MR) is 151 cm³/mol. The van der Waals surface area contributed by atoms with Crippen LogP contribution in [0.25, 0.3) is 0 Å². The Hall–Kier alpha value is -4.27. The number of amides is 3. The molecule has 1 fully saturated rings. The van der Waals surface area contributed by atoms with Crippen molar-refractivity contribution in [2.45, 2.75) is 33.2 Å². The zero-order chi connectivity index (χ0) is 28.6. The smallest absolute Gasteiger partial charge is 0.256 e. The number of hydrogen-bond donors (Lipinski definition) is 2. The Labute approximate surface area is 233 Å². The summed E-state index contributed by atoms with van der Waals surface area (Å²) in [7, 11) is 0. The Morgan fingerprint density at radius 2 is 1.62 bits per heavy atom. The van der Waals surface area contributed by atoms with Gasteiger partial charge in [-0.2, -0.15) is 0 Å². The number of halogens is 2. The molecular formula is C31H34F2N4O3. The van der Waals surface area contributed by atoms with Crippen molar-refractivity contribution >= 4 is 29.1 Å². The highest BCUT2D eigenvalue weighted by molar-refractivity contribution is 6.02. The van der Waals surface area contributed by atoms with Gasteiger partial charge in [0, 0.05) is 50.5 Å². The minimum atomic E-state index is -0.552. The van der Waals surface area contributed by atoms with Crippen molar-refractivity contribution in [2.75, 3.05) is 36.4 Å². The third kappa shape index (κ3) is 7.43. The number of nitrogens with one attached hydrogen (secondary N) is 2. The molecule has 7 nitrogen and oxygen atoms in total. The highest BCUT2D eigenvalue weighted by Crippen LogP contribution is 2.27. The van der Waals surface area contributed by atoms with Gasteiger partial charge in [-0.05, 0) is 60.4 Å². The second kappa shape index (κ2) is 13.2. The molecule has 1 saturated heterocycles. The summed E-state index contributed by atoms with van der Waals surface area (Å²) in [4.78, 5) is 42.5. The Morgan fingerprint density at radius 3 is 2.35 bits per heavy atom. The van der Waals surface area contributed by atoms with Crippen molar-refractivity contribution in [3.05, 3.63) is 95.1 Å². The first-order valence-electron chi connectivity index (χ1n) is 13.5.